The third kappa shape index (κ3) is 2.20. The Morgan fingerprint density at radius 1 is 1.45 bits per heavy atom. The van der Waals surface area contributed by atoms with Crippen molar-refractivity contribution in [3.05, 3.63) is 35.0 Å². The number of hydrogen-bond acceptors (Lipinski definition) is 3. The molecule has 1 aliphatic heterocycles. The van der Waals surface area contributed by atoms with Crippen LogP contribution in [0.15, 0.2) is 18.5 Å². The first-order valence-corrected chi connectivity index (χ1v) is 6.57. The van der Waals surface area contributed by atoms with Crippen LogP contribution < -0.4 is 15.4 Å². The molecule has 2 aromatic rings. The number of hydrogen-bond donors (Lipinski definition) is 3. The molecule has 3 heterocycles. The first-order valence-electron chi connectivity index (χ1n) is 6.57. The number of nitrogens with zero attached hydrogens (tertiary/aromatic N) is 1. The molecule has 1 amide bonds. The number of fused-ring (bicyclic) bond motifs is 1. The van der Waals surface area contributed by atoms with E-state index in [2.05, 4.69) is 15.6 Å². The Labute approximate surface area is 114 Å². The van der Waals surface area contributed by atoms with Crippen LogP contribution >= 0.6 is 0 Å². The Bertz CT molecular complexity index is 649. The lowest BCUT2D eigenvalue weighted by Crippen LogP contribution is -2.42. The van der Waals surface area contributed by atoms with Gasteiger partial charge in [-0.05, 0) is 25.9 Å². The van der Waals surface area contributed by atoms with Crippen molar-refractivity contribution in [3.63, 3.8) is 0 Å². The lowest BCUT2D eigenvalue weighted by Gasteiger charge is -2.23. The molecule has 0 aliphatic carbocycles. The highest BCUT2D eigenvalue weighted by molar-refractivity contribution is 6.05. The maximum absolute atomic E-state index is 13.8. The largest absolute Gasteiger partial charge is 0.711 e. The summed E-state index contributed by atoms with van der Waals surface area (Å²) in [5, 5.41) is 17.7. The quantitative estimate of drug-likeness (QED) is 0.550. The number of pyridine rings is 1. The predicted molar refractivity (Wildman–Crippen MR) is 70.6 cm³/mol. The highest BCUT2D eigenvalue weighted by Crippen LogP contribution is 2.19. The van der Waals surface area contributed by atoms with Gasteiger partial charge in [-0.3, -0.25) is 4.79 Å². The van der Waals surface area contributed by atoms with Crippen molar-refractivity contribution in [2.75, 3.05) is 13.1 Å². The fourth-order valence-corrected chi connectivity index (χ4v) is 2.53. The first kappa shape index (κ1) is 12.9. The van der Waals surface area contributed by atoms with Gasteiger partial charge in [0.05, 0.1) is 11.8 Å². The highest BCUT2D eigenvalue weighted by atomic mass is 19.1. The Morgan fingerprint density at radius 3 is 2.95 bits per heavy atom. The van der Waals surface area contributed by atoms with Crippen LogP contribution in [0.5, 0.6) is 0 Å². The van der Waals surface area contributed by atoms with E-state index in [4.69, 9.17) is 0 Å². The van der Waals surface area contributed by atoms with Crippen LogP contribution in [0.3, 0.4) is 0 Å². The van der Waals surface area contributed by atoms with E-state index in [1.54, 1.807) is 0 Å². The summed E-state index contributed by atoms with van der Waals surface area (Å²) < 4.78 is 14.4. The summed E-state index contributed by atoms with van der Waals surface area (Å²) in [4.78, 5) is 14.9. The van der Waals surface area contributed by atoms with Gasteiger partial charge in [0.15, 0.2) is 0 Å². The molecule has 0 unspecified atom stereocenters. The fourth-order valence-electron chi connectivity index (χ4n) is 2.53. The molecular formula is C13H15FN4O2. The van der Waals surface area contributed by atoms with Gasteiger partial charge in [0.1, 0.15) is 17.4 Å². The second kappa shape index (κ2) is 5.09. The molecule has 3 rings (SSSR count). The molecule has 0 spiro atoms. The van der Waals surface area contributed by atoms with Gasteiger partial charge in [-0.1, -0.05) is 0 Å². The Morgan fingerprint density at radius 2 is 2.20 bits per heavy atom. The monoisotopic (exact) mass is 278 g/mol. The van der Waals surface area contributed by atoms with E-state index in [9.17, 15) is 14.4 Å². The minimum atomic E-state index is -0.580. The van der Waals surface area contributed by atoms with Crippen LogP contribution in [-0.4, -0.2) is 30.0 Å². The zero-order chi connectivity index (χ0) is 14.1. The number of halogens is 1. The average Bonchev–Trinajstić information content (AvgIpc) is 2.90. The van der Waals surface area contributed by atoms with Crippen molar-refractivity contribution < 1.29 is 13.9 Å². The number of nitrogens with one attached hydrogen (secondary N) is 3. The van der Waals surface area contributed by atoms with Crippen LogP contribution in [-0.2, 0) is 0 Å². The summed E-state index contributed by atoms with van der Waals surface area (Å²) in [6.07, 6.45) is 4.14. The number of piperidine rings is 1. The Balaban J connectivity index is 1.89. The van der Waals surface area contributed by atoms with Gasteiger partial charge in [-0.15, -0.1) is 0 Å². The lowest BCUT2D eigenvalue weighted by molar-refractivity contribution is -0.579. The fraction of sp³-hybridized carbons (Fsp3) is 0.385. The van der Waals surface area contributed by atoms with Gasteiger partial charge in [0.2, 0.25) is 0 Å². The smallest absolute Gasteiger partial charge is 0.293 e. The number of H-pyrrole nitrogens is 1. The highest BCUT2D eigenvalue weighted by Gasteiger charge is 2.23. The topological polar surface area (TPSA) is 83.9 Å². The third-order valence-corrected chi connectivity index (χ3v) is 3.59. The van der Waals surface area contributed by atoms with E-state index < -0.39 is 5.82 Å². The second-order valence-electron chi connectivity index (χ2n) is 4.91. The molecule has 0 atom stereocenters. The SMILES string of the molecule is O=C(NC1CCNCC1)c1c[nH]c2c1c(F)cc[n+]2[O-]. The summed E-state index contributed by atoms with van der Waals surface area (Å²) in [5.41, 5.74) is 0.224. The normalized spacial score (nSPS) is 16.4. The number of rotatable bonds is 2. The molecule has 1 fully saturated rings. The predicted octanol–water partition coefficient (Wildman–Crippen LogP) is 0.422. The van der Waals surface area contributed by atoms with Crippen molar-refractivity contribution in [2.45, 2.75) is 18.9 Å². The van der Waals surface area contributed by atoms with E-state index in [0.717, 1.165) is 38.2 Å². The van der Waals surface area contributed by atoms with Crippen LogP contribution in [0.1, 0.15) is 23.2 Å². The number of aromatic amines is 1. The van der Waals surface area contributed by atoms with Crippen LogP contribution in [0.2, 0.25) is 0 Å². The molecule has 0 radical (unpaired) electrons. The molecular weight excluding hydrogens is 263 g/mol. The zero-order valence-corrected chi connectivity index (χ0v) is 10.8. The van der Waals surface area contributed by atoms with Crippen molar-refractivity contribution in [1.82, 2.24) is 15.6 Å². The van der Waals surface area contributed by atoms with Crippen LogP contribution in [0.4, 0.5) is 4.39 Å². The van der Waals surface area contributed by atoms with E-state index in [1.807, 2.05) is 0 Å². The van der Waals surface area contributed by atoms with Crippen molar-refractivity contribution in [2.24, 2.45) is 0 Å². The Kier molecular flexibility index (Phi) is 3.27. The standard InChI is InChI=1S/C13H15FN4O2/c14-10-3-6-18(20)12-11(10)9(7-16-12)13(19)17-8-1-4-15-5-2-8/h3,6-8,15-16H,1-2,4-5H2,(H,17,19). The van der Waals surface area contributed by atoms with E-state index >= 15 is 0 Å². The van der Waals surface area contributed by atoms with Gasteiger partial charge in [-0.25, -0.2) is 14.1 Å². The summed E-state index contributed by atoms with van der Waals surface area (Å²) in [5.74, 6) is -0.933. The average molecular weight is 278 g/mol. The number of aromatic nitrogens is 2. The molecule has 1 aliphatic rings. The van der Waals surface area contributed by atoms with Gasteiger partial charge in [-0.2, -0.15) is 0 Å². The van der Waals surface area contributed by atoms with Gasteiger partial charge >= 0.3 is 0 Å². The second-order valence-corrected chi connectivity index (χ2v) is 4.91. The lowest BCUT2D eigenvalue weighted by atomic mass is 10.1. The first-order chi connectivity index (χ1) is 9.66. The molecule has 2 aromatic heterocycles. The van der Waals surface area contributed by atoms with E-state index in [0.29, 0.717) is 4.73 Å². The molecule has 0 bridgehead atoms. The zero-order valence-electron chi connectivity index (χ0n) is 10.8. The van der Waals surface area contributed by atoms with Crippen molar-refractivity contribution >= 4 is 16.9 Å². The molecule has 6 nitrogen and oxygen atoms in total. The van der Waals surface area contributed by atoms with Crippen LogP contribution in [0, 0.1) is 11.0 Å². The molecule has 1 saturated heterocycles. The summed E-state index contributed by atoms with van der Waals surface area (Å²) in [7, 11) is 0. The van der Waals surface area contributed by atoms with Crippen molar-refractivity contribution in [3.8, 4) is 0 Å². The molecule has 20 heavy (non-hydrogen) atoms. The number of carbonyl (C=O) groups is 1. The Hall–Kier alpha value is -2.15. The minimum absolute atomic E-state index is 0.0361. The van der Waals surface area contributed by atoms with Gasteiger partial charge < -0.3 is 15.8 Å². The molecule has 0 saturated carbocycles. The molecule has 106 valence electrons. The van der Waals surface area contributed by atoms with Crippen LogP contribution in [0.25, 0.3) is 11.0 Å². The maximum atomic E-state index is 13.8. The van der Waals surface area contributed by atoms with E-state index in [-0.39, 0.29) is 28.5 Å². The minimum Gasteiger partial charge on any atom is -0.711 e. The van der Waals surface area contributed by atoms with Gasteiger partial charge in [0.25, 0.3) is 11.6 Å². The number of amides is 1. The summed E-state index contributed by atoms with van der Waals surface area (Å²) >= 11 is 0. The van der Waals surface area contributed by atoms with Crippen molar-refractivity contribution in [1.29, 1.82) is 0 Å². The summed E-state index contributed by atoms with van der Waals surface area (Å²) in [6, 6.07) is 1.14. The van der Waals surface area contributed by atoms with E-state index in [1.165, 1.54) is 6.20 Å². The summed E-state index contributed by atoms with van der Waals surface area (Å²) in [6.45, 7) is 1.71. The molecule has 0 aromatic carbocycles. The maximum Gasteiger partial charge on any atom is 0.293 e. The molecule has 7 heteroatoms. The molecule has 3 N–H and O–H groups in total. The third-order valence-electron chi connectivity index (χ3n) is 3.59. The van der Waals surface area contributed by atoms with Gasteiger partial charge in [0, 0.05) is 12.1 Å². The number of carbonyl (C=O) groups excluding carboxylic acids is 1.